The highest BCUT2D eigenvalue weighted by molar-refractivity contribution is 5.47. The molecule has 2 aliphatic rings. The molecule has 22 heavy (non-hydrogen) atoms. The van der Waals surface area contributed by atoms with E-state index in [1.807, 2.05) is 6.92 Å². The lowest BCUT2D eigenvalue weighted by molar-refractivity contribution is 0.189. The van der Waals surface area contributed by atoms with Crippen LogP contribution < -0.4 is 5.32 Å². The van der Waals surface area contributed by atoms with Crippen LogP contribution in [-0.4, -0.2) is 41.0 Å². The van der Waals surface area contributed by atoms with Crippen molar-refractivity contribution in [3.05, 3.63) is 17.1 Å². The van der Waals surface area contributed by atoms with Gasteiger partial charge in [-0.05, 0) is 77.4 Å². The van der Waals surface area contributed by atoms with E-state index in [9.17, 15) is 0 Å². The standard InChI is InChI=1S/C18H30N4/c1-3-22-12-9-15(10-13-22)8-11-19-18-16-6-4-5-7-17(16)20-14(2)21-18/h15H,3-13H2,1-2H3,(H,19,20,21). The van der Waals surface area contributed by atoms with E-state index in [0.717, 1.165) is 36.9 Å². The van der Waals surface area contributed by atoms with Gasteiger partial charge >= 0.3 is 0 Å². The SMILES string of the molecule is CCN1CCC(CCNc2nc(C)nc3c2CCCC3)CC1. The molecule has 0 aromatic carbocycles. The number of piperidine rings is 1. The summed E-state index contributed by atoms with van der Waals surface area (Å²) in [5.41, 5.74) is 2.68. The smallest absolute Gasteiger partial charge is 0.133 e. The first kappa shape index (κ1) is 15.7. The van der Waals surface area contributed by atoms with Gasteiger partial charge in [-0.2, -0.15) is 0 Å². The monoisotopic (exact) mass is 302 g/mol. The number of hydrogen-bond donors (Lipinski definition) is 1. The highest BCUT2D eigenvalue weighted by Crippen LogP contribution is 2.26. The molecule has 3 rings (SSSR count). The van der Waals surface area contributed by atoms with E-state index < -0.39 is 0 Å². The highest BCUT2D eigenvalue weighted by Gasteiger charge is 2.19. The molecular formula is C18H30N4. The lowest BCUT2D eigenvalue weighted by atomic mass is 9.93. The highest BCUT2D eigenvalue weighted by atomic mass is 15.1. The summed E-state index contributed by atoms with van der Waals surface area (Å²) in [6.45, 7) is 9.10. The van der Waals surface area contributed by atoms with E-state index >= 15 is 0 Å². The second kappa shape index (κ2) is 7.40. The third kappa shape index (κ3) is 3.78. The van der Waals surface area contributed by atoms with Gasteiger partial charge in [0.05, 0.1) is 0 Å². The zero-order chi connectivity index (χ0) is 15.4. The molecule has 122 valence electrons. The van der Waals surface area contributed by atoms with Crippen LogP contribution in [0.3, 0.4) is 0 Å². The van der Waals surface area contributed by atoms with E-state index in [-0.39, 0.29) is 0 Å². The average Bonchev–Trinajstić information content (AvgIpc) is 2.55. The summed E-state index contributed by atoms with van der Waals surface area (Å²) in [6.07, 6.45) is 8.82. The third-order valence-electron chi connectivity index (χ3n) is 5.29. The molecule has 2 heterocycles. The van der Waals surface area contributed by atoms with E-state index in [1.165, 1.54) is 63.0 Å². The van der Waals surface area contributed by atoms with Crippen molar-refractivity contribution in [3.8, 4) is 0 Å². The molecule has 0 spiro atoms. The van der Waals surface area contributed by atoms with Gasteiger partial charge in [-0.1, -0.05) is 6.92 Å². The van der Waals surface area contributed by atoms with Crippen molar-refractivity contribution in [2.45, 2.75) is 58.8 Å². The Morgan fingerprint density at radius 1 is 1.14 bits per heavy atom. The molecule has 1 fully saturated rings. The van der Waals surface area contributed by atoms with Crippen LogP contribution >= 0.6 is 0 Å². The van der Waals surface area contributed by atoms with Gasteiger partial charge in [0.2, 0.25) is 0 Å². The van der Waals surface area contributed by atoms with Crippen LogP contribution in [0.15, 0.2) is 0 Å². The van der Waals surface area contributed by atoms with Crippen LogP contribution in [0.2, 0.25) is 0 Å². The molecule has 1 saturated heterocycles. The van der Waals surface area contributed by atoms with Crippen LogP contribution in [0.5, 0.6) is 0 Å². The fraction of sp³-hybridized carbons (Fsp3) is 0.778. The summed E-state index contributed by atoms with van der Waals surface area (Å²) in [7, 11) is 0. The Bertz CT molecular complexity index is 492. The van der Waals surface area contributed by atoms with E-state index in [1.54, 1.807) is 0 Å². The van der Waals surface area contributed by atoms with Crippen molar-refractivity contribution in [1.29, 1.82) is 0 Å². The number of hydrogen-bond acceptors (Lipinski definition) is 4. The molecule has 0 radical (unpaired) electrons. The summed E-state index contributed by atoms with van der Waals surface area (Å²) in [4.78, 5) is 11.9. The number of aryl methyl sites for hydroxylation is 2. The molecule has 0 saturated carbocycles. The van der Waals surface area contributed by atoms with Crippen molar-refractivity contribution < 1.29 is 0 Å². The first-order valence-corrected chi connectivity index (χ1v) is 9.09. The molecule has 0 atom stereocenters. The number of rotatable bonds is 5. The Balaban J connectivity index is 1.53. The third-order valence-corrected chi connectivity index (χ3v) is 5.29. The van der Waals surface area contributed by atoms with Gasteiger partial charge in [0.1, 0.15) is 11.6 Å². The minimum Gasteiger partial charge on any atom is -0.370 e. The van der Waals surface area contributed by atoms with Crippen molar-refractivity contribution >= 4 is 5.82 Å². The van der Waals surface area contributed by atoms with Gasteiger partial charge in [-0.3, -0.25) is 0 Å². The maximum Gasteiger partial charge on any atom is 0.133 e. The van der Waals surface area contributed by atoms with Gasteiger partial charge in [-0.15, -0.1) is 0 Å². The van der Waals surface area contributed by atoms with E-state index in [2.05, 4.69) is 27.1 Å². The zero-order valence-corrected chi connectivity index (χ0v) is 14.2. The Labute approximate surface area is 134 Å². The summed E-state index contributed by atoms with van der Waals surface area (Å²) < 4.78 is 0. The number of aromatic nitrogens is 2. The van der Waals surface area contributed by atoms with Crippen LogP contribution in [-0.2, 0) is 12.8 Å². The minimum absolute atomic E-state index is 0.883. The molecular weight excluding hydrogens is 272 g/mol. The fourth-order valence-corrected chi connectivity index (χ4v) is 3.85. The van der Waals surface area contributed by atoms with E-state index in [0.29, 0.717) is 0 Å². The topological polar surface area (TPSA) is 41.0 Å². The summed E-state index contributed by atoms with van der Waals surface area (Å²) >= 11 is 0. The second-order valence-electron chi connectivity index (χ2n) is 6.84. The number of nitrogens with zero attached hydrogens (tertiary/aromatic N) is 3. The molecule has 0 bridgehead atoms. The molecule has 4 heteroatoms. The maximum absolute atomic E-state index is 4.66. The molecule has 1 aliphatic heterocycles. The average molecular weight is 302 g/mol. The van der Waals surface area contributed by atoms with Crippen molar-refractivity contribution in [2.24, 2.45) is 5.92 Å². The normalized spacial score (nSPS) is 19.9. The predicted molar refractivity (Wildman–Crippen MR) is 91.4 cm³/mol. The van der Waals surface area contributed by atoms with Crippen LogP contribution in [0, 0.1) is 12.8 Å². The van der Waals surface area contributed by atoms with Crippen LogP contribution in [0.1, 0.15) is 56.1 Å². The first-order chi connectivity index (χ1) is 10.8. The number of fused-ring (bicyclic) bond motifs is 1. The van der Waals surface area contributed by atoms with Crippen LogP contribution in [0.4, 0.5) is 5.82 Å². The molecule has 1 N–H and O–H groups in total. The molecule has 0 unspecified atom stereocenters. The minimum atomic E-state index is 0.883. The summed E-state index contributed by atoms with van der Waals surface area (Å²) in [6, 6.07) is 0. The number of likely N-dealkylation sites (tertiary alicyclic amines) is 1. The Hall–Kier alpha value is -1.16. The zero-order valence-electron chi connectivity index (χ0n) is 14.2. The lowest BCUT2D eigenvalue weighted by Gasteiger charge is -2.31. The Morgan fingerprint density at radius 3 is 2.68 bits per heavy atom. The van der Waals surface area contributed by atoms with Gasteiger partial charge in [0.15, 0.2) is 0 Å². The van der Waals surface area contributed by atoms with Crippen molar-refractivity contribution in [1.82, 2.24) is 14.9 Å². The second-order valence-corrected chi connectivity index (χ2v) is 6.84. The summed E-state index contributed by atoms with van der Waals surface area (Å²) in [5.74, 6) is 2.92. The van der Waals surface area contributed by atoms with Crippen molar-refractivity contribution in [3.63, 3.8) is 0 Å². The fourth-order valence-electron chi connectivity index (χ4n) is 3.85. The van der Waals surface area contributed by atoms with E-state index in [4.69, 9.17) is 0 Å². The summed E-state index contributed by atoms with van der Waals surface area (Å²) in [5, 5.41) is 3.62. The number of anilines is 1. The van der Waals surface area contributed by atoms with Crippen molar-refractivity contribution in [2.75, 3.05) is 31.5 Å². The lowest BCUT2D eigenvalue weighted by Crippen LogP contribution is -2.34. The predicted octanol–water partition coefficient (Wildman–Crippen LogP) is 3.20. The molecule has 1 aromatic heterocycles. The van der Waals surface area contributed by atoms with Crippen LogP contribution in [0.25, 0.3) is 0 Å². The van der Waals surface area contributed by atoms with Gasteiger partial charge in [0, 0.05) is 17.8 Å². The Kier molecular flexibility index (Phi) is 5.29. The van der Waals surface area contributed by atoms with Gasteiger partial charge in [-0.25, -0.2) is 9.97 Å². The molecule has 4 nitrogen and oxygen atoms in total. The number of nitrogens with one attached hydrogen (secondary N) is 1. The van der Waals surface area contributed by atoms with Gasteiger partial charge < -0.3 is 10.2 Å². The largest absolute Gasteiger partial charge is 0.370 e. The first-order valence-electron chi connectivity index (χ1n) is 9.09. The molecule has 0 amide bonds. The maximum atomic E-state index is 4.66. The van der Waals surface area contributed by atoms with Gasteiger partial charge in [0.25, 0.3) is 0 Å². The molecule has 1 aliphatic carbocycles. The quantitative estimate of drug-likeness (QED) is 0.907. The Morgan fingerprint density at radius 2 is 1.91 bits per heavy atom. The molecule has 1 aromatic rings.